The van der Waals surface area contributed by atoms with E-state index in [1.54, 1.807) is 0 Å². The molecule has 1 saturated heterocycles. The van der Waals surface area contributed by atoms with Crippen LogP contribution in [0.1, 0.15) is 13.8 Å². The van der Waals surface area contributed by atoms with Gasteiger partial charge < -0.3 is 20.0 Å². The highest BCUT2D eigenvalue weighted by Crippen LogP contribution is 2.29. The minimum atomic E-state index is 0.813. The maximum atomic E-state index is 5.67. The molecule has 1 heterocycles. The lowest BCUT2D eigenvalue weighted by Crippen LogP contribution is -2.50. The van der Waals surface area contributed by atoms with Gasteiger partial charge in [-0.2, -0.15) is 0 Å². The fourth-order valence-corrected chi connectivity index (χ4v) is 4.51. The third-order valence-electron chi connectivity index (χ3n) is 5.24. The Labute approximate surface area is 178 Å². The van der Waals surface area contributed by atoms with Crippen LogP contribution in [-0.2, 0) is 0 Å². The normalized spacial score (nSPS) is 14.1. The number of hydrogen-bond acceptors (Lipinski definition) is 4. The van der Waals surface area contributed by atoms with E-state index in [-0.39, 0.29) is 0 Å². The van der Waals surface area contributed by atoms with Crippen LogP contribution in [0.15, 0.2) is 53.4 Å². The fraction of sp³-hybridized carbons (Fsp3) is 0.409. The Morgan fingerprint density at radius 1 is 1.00 bits per heavy atom. The monoisotopic (exact) mass is 414 g/mol. The molecule has 0 unspecified atom stereocenters. The number of para-hydroxylation sites is 1. The number of nitrogens with one attached hydrogen (secondary N) is 1. The smallest absolute Gasteiger partial charge is 0.173 e. The Kier molecular flexibility index (Phi) is 7.45. The lowest BCUT2D eigenvalue weighted by molar-refractivity contribution is 0.390. The maximum Gasteiger partial charge on any atom is 0.173 e. The Morgan fingerprint density at radius 3 is 2.25 bits per heavy atom. The van der Waals surface area contributed by atoms with Gasteiger partial charge in [0.2, 0.25) is 0 Å². The lowest BCUT2D eigenvalue weighted by atomic mass is 10.2. The topological polar surface area (TPSA) is 21.8 Å². The van der Waals surface area contributed by atoms with Gasteiger partial charge >= 0.3 is 0 Å². The van der Waals surface area contributed by atoms with Crippen molar-refractivity contribution in [3.05, 3.63) is 48.5 Å². The molecule has 0 saturated carbocycles. The maximum absolute atomic E-state index is 5.67. The number of hydrogen-bond donors (Lipinski definition) is 1. The van der Waals surface area contributed by atoms with Crippen molar-refractivity contribution < 1.29 is 0 Å². The molecule has 0 radical (unpaired) electrons. The van der Waals surface area contributed by atoms with Crippen molar-refractivity contribution in [1.82, 2.24) is 4.90 Å². The Balaban J connectivity index is 1.55. The second-order valence-corrected chi connectivity index (χ2v) is 8.03. The molecule has 1 fully saturated rings. The molecule has 0 spiro atoms. The van der Waals surface area contributed by atoms with Crippen LogP contribution in [-0.4, -0.2) is 55.5 Å². The van der Waals surface area contributed by atoms with Crippen LogP contribution >= 0.6 is 24.0 Å². The van der Waals surface area contributed by atoms with Gasteiger partial charge in [-0.1, -0.05) is 12.1 Å². The van der Waals surface area contributed by atoms with Crippen LogP contribution in [0.5, 0.6) is 0 Å². The molecule has 1 N–H and O–H groups in total. The van der Waals surface area contributed by atoms with Gasteiger partial charge in [0.25, 0.3) is 0 Å². The van der Waals surface area contributed by atoms with Gasteiger partial charge in [-0.25, -0.2) is 0 Å². The summed E-state index contributed by atoms with van der Waals surface area (Å²) in [6.07, 6.45) is 2.14. The van der Waals surface area contributed by atoms with Crippen LogP contribution in [0.25, 0.3) is 0 Å². The highest BCUT2D eigenvalue weighted by atomic mass is 32.2. The average Bonchev–Trinajstić information content (AvgIpc) is 2.76. The van der Waals surface area contributed by atoms with Crippen LogP contribution in [0, 0.1) is 0 Å². The molecule has 2 aromatic rings. The first-order chi connectivity index (χ1) is 13.7. The average molecular weight is 415 g/mol. The standard InChI is InChI=1S/C22H30N4S2/c1-4-24(5-2)19-12-10-18(11-13-19)23-22(27)26-16-14-25(15-17-26)20-8-6-7-9-21(20)28-3/h6-13H,4-5,14-17H2,1-3H3,(H,23,27). The second kappa shape index (κ2) is 10.0. The van der Waals surface area contributed by atoms with Crippen molar-refractivity contribution in [2.45, 2.75) is 18.7 Å². The predicted molar refractivity (Wildman–Crippen MR) is 128 cm³/mol. The molecule has 0 aromatic heterocycles. The van der Waals surface area contributed by atoms with Crippen LogP contribution in [0.3, 0.4) is 0 Å². The molecule has 0 bridgehead atoms. The zero-order valence-electron chi connectivity index (χ0n) is 17.0. The van der Waals surface area contributed by atoms with Crippen molar-refractivity contribution in [3.63, 3.8) is 0 Å². The molecule has 3 rings (SSSR count). The highest BCUT2D eigenvalue weighted by Gasteiger charge is 2.20. The first kappa shape index (κ1) is 20.8. The number of benzene rings is 2. The molecule has 0 aliphatic carbocycles. The van der Waals surface area contributed by atoms with Gasteiger partial charge in [0.15, 0.2) is 5.11 Å². The minimum Gasteiger partial charge on any atom is -0.372 e. The molecule has 6 heteroatoms. The molecule has 1 aliphatic rings. The first-order valence-corrected chi connectivity index (χ1v) is 11.6. The van der Waals surface area contributed by atoms with Gasteiger partial charge in [-0.3, -0.25) is 0 Å². The van der Waals surface area contributed by atoms with Gasteiger partial charge in [0.05, 0.1) is 5.69 Å². The lowest BCUT2D eigenvalue weighted by Gasteiger charge is -2.38. The third-order valence-corrected chi connectivity index (χ3v) is 6.39. The van der Waals surface area contributed by atoms with E-state index >= 15 is 0 Å². The molecule has 150 valence electrons. The van der Waals surface area contributed by atoms with E-state index < -0.39 is 0 Å². The van der Waals surface area contributed by atoms with E-state index in [9.17, 15) is 0 Å². The van der Waals surface area contributed by atoms with Crippen LogP contribution in [0.4, 0.5) is 17.1 Å². The summed E-state index contributed by atoms with van der Waals surface area (Å²) in [4.78, 5) is 8.41. The summed E-state index contributed by atoms with van der Waals surface area (Å²) in [5.41, 5.74) is 3.64. The van der Waals surface area contributed by atoms with E-state index in [1.807, 2.05) is 11.8 Å². The molecule has 0 atom stereocenters. The van der Waals surface area contributed by atoms with Gasteiger partial charge in [0.1, 0.15) is 0 Å². The van der Waals surface area contributed by atoms with E-state index in [2.05, 4.69) is 88.7 Å². The number of nitrogens with zero attached hydrogens (tertiary/aromatic N) is 3. The number of anilines is 3. The Bertz CT molecular complexity index is 766. The summed E-state index contributed by atoms with van der Waals surface area (Å²) in [7, 11) is 0. The van der Waals surface area contributed by atoms with Crippen LogP contribution < -0.4 is 15.1 Å². The summed E-state index contributed by atoms with van der Waals surface area (Å²) in [5.74, 6) is 0. The van der Waals surface area contributed by atoms with Crippen molar-refractivity contribution in [2.75, 3.05) is 60.6 Å². The SMILES string of the molecule is CCN(CC)c1ccc(NC(=S)N2CCN(c3ccccc3SC)CC2)cc1. The Hall–Kier alpha value is -1.92. The number of piperazine rings is 1. The van der Waals surface area contributed by atoms with E-state index in [0.29, 0.717) is 0 Å². The number of thioether (sulfide) groups is 1. The molecule has 4 nitrogen and oxygen atoms in total. The quantitative estimate of drug-likeness (QED) is 0.539. The minimum absolute atomic E-state index is 0.813. The summed E-state index contributed by atoms with van der Waals surface area (Å²) in [6, 6.07) is 17.2. The van der Waals surface area contributed by atoms with E-state index in [4.69, 9.17) is 12.2 Å². The van der Waals surface area contributed by atoms with E-state index in [0.717, 1.165) is 50.1 Å². The second-order valence-electron chi connectivity index (χ2n) is 6.80. The molecular weight excluding hydrogens is 384 g/mol. The molecular formula is C22H30N4S2. The van der Waals surface area contributed by atoms with Crippen LogP contribution in [0.2, 0.25) is 0 Å². The predicted octanol–water partition coefficient (Wildman–Crippen LogP) is 4.77. The summed E-state index contributed by atoms with van der Waals surface area (Å²) < 4.78 is 0. The summed E-state index contributed by atoms with van der Waals surface area (Å²) in [6.45, 7) is 10.3. The largest absolute Gasteiger partial charge is 0.372 e. The first-order valence-electron chi connectivity index (χ1n) is 9.95. The molecule has 28 heavy (non-hydrogen) atoms. The van der Waals surface area contributed by atoms with Gasteiger partial charge in [-0.15, -0.1) is 11.8 Å². The van der Waals surface area contributed by atoms with Crippen molar-refractivity contribution in [2.24, 2.45) is 0 Å². The van der Waals surface area contributed by atoms with E-state index in [1.165, 1.54) is 16.3 Å². The highest BCUT2D eigenvalue weighted by molar-refractivity contribution is 7.98. The molecule has 1 aliphatic heterocycles. The Morgan fingerprint density at radius 2 is 1.64 bits per heavy atom. The van der Waals surface area contributed by atoms with Crippen molar-refractivity contribution in [1.29, 1.82) is 0 Å². The molecule has 0 amide bonds. The summed E-state index contributed by atoms with van der Waals surface area (Å²) >= 11 is 7.48. The zero-order valence-corrected chi connectivity index (χ0v) is 18.7. The summed E-state index contributed by atoms with van der Waals surface area (Å²) in [5, 5.41) is 4.22. The van der Waals surface area contributed by atoms with Crippen molar-refractivity contribution in [3.8, 4) is 0 Å². The van der Waals surface area contributed by atoms with Gasteiger partial charge in [-0.05, 0) is 68.7 Å². The molecule has 2 aromatic carbocycles. The number of thiocarbonyl (C=S) groups is 1. The van der Waals surface area contributed by atoms with Crippen molar-refractivity contribution >= 4 is 46.2 Å². The third kappa shape index (κ3) is 4.92. The van der Waals surface area contributed by atoms with Gasteiger partial charge in [0, 0.05) is 55.5 Å². The zero-order chi connectivity index (χ0) is 19.9. The number of rotatable bonds is 6. The fourth-order valence-electron chi connectivity index (χ4n) is 3.59.